The van der Waals surface area contributed by atoms with Gasteiger partial charge in [-0.25, -0.2) is 9.18 Å². The van der Waals surface area contributed by atoms with Gasteiger partial charge in [0.1, 0.15) is 6.67 Å². The summed E-state index contributed by atoms with van der Waals surface area (Å²) in [6.07, 6.45) is 4.23. The van der Waals surface area contributed by atoms with Crippen LogP contribution in [0.25, 0.3) is 0 Å². The van der Waals surface area contributed by atoms with E-state index in [1.165, 1.54) is 0 Å². The first kappa shape index (κ1) is 15.9. The van der Waals surface area contributed by atoms with Crippen molar-refractivity contribution < 1.29 is 19.1 Å². The fourth-order valence-electron chi connectivity index (χ4n) is 1.63. The number of carbonyl (C=O) groups excluding carboxylic acids is 1. The first-order valence-electron chi connectivity index (χ1n) is 6.13. The molecule has 1 amide bonds. The average Bonchev–Trinajstić information content (AvgIpc) is 2.30. The highest BCUT2D eigenvalue weighted by atomic mass is 19.1. The highest BCUT2D eigenvalue weighted by Crippen LogP contribution is 2.16. The van der Waals surface area contributed by atoms with Crippen molar-refractivity contribution in [2.24, 2.45) is 5.92 Å². The number of nitrogens with one attached hydrogen (secondary N) is 1. The lowest BCUT2D eigenvalue weighted by atomic mass is 9.95. The van der Waals surface area contributed by atoms with Gasteiger partial charge in [-0.1, -0.05) is 33.1 Å². The minimum Gasteiger partial charge on any atom is -0.480 e. The zero-order chi connectivity index (χ0) is 13.3. The van der Waals surface area contributed by atoms with E-state index in [2.05, 4.69) is 12.2 Å². The number of alkyl halides is 1. The van der Waals surface area contributed by atoms with Crippen molar-refractivity contribution >= 4 is 11.9 Å². The summed E-state index contributed by atoms with van der Waals surface area (Å²) in [5.41, 5.74) is 0. The number of carboxylic acids is 1. The van der Waals surface area contributed by atoms with Gasteiger partial charge in [0.05, 0.1) is 0 Å². The second-order valence-corrected chi connectivity index (χ2v) is 4.23. The van der Waals surface area contributed by atoms with Crippen molar-refractivity contribution in [3.8, 4) is 0 Å². The van der Waals surface area contributed by atoms with Crippen LogP contribution in [0, 0.1) is 5.92 Å². The predicted octanol–water partition coefficient (Wildman–Crippen LogP) is 2.13. The lowest BCUT2D eigenvalue weighted by Crippen LogP contribution is -2.42. The Bertz CT molecular complexity index is 246. The molecule has 0 saturated carbocycles. The second-order valence-electron chi connectivity index (χ2n) is 4.23. The Morgan fingerprint density at radius 1 is 1.35 bits per heavy atom. The molecule has 0 saturated heterocycles. The summed E-state index contributed by atoms with van der Waals surface area (Å²) in [7, 11) is 0. The number of hydrogen-bond donors (Lipinski definition) is 2. The van der Waals surface area contributed by atoms with Crippen LogP contribution in [-0.4, -0.2) is 29.7 Å². The van der Waals surface area contributed by atoms with Gasteiger partial charge in [0.15, 0.2) is 6.04 Å². The van der Waals surface area contributed by atoms with E-state index >= 15 is 0 Å². The smallest absolute Gasteiger partial charge is 0.328 e. The number of aliphatic carboxylic acids is 1. The number of carbonyl (C=O) groups is 2. The molecule has 0 heterocycles. The first-order chi connectivity index (χ1) is 8.04. The van der Waals surface area contributed by atoms with Crippen LogP contribution in [0.2, 0.25) is 0 Å². The Balaban J connectivity index is 4.08. The number of unbranched alkanes of at least 4 members (excludes halogenated alkanes) is 1. The van der Waals surface area contributed by atoms with Crippen LogP contribution in [0.5, 0.6) is 0 Å². The molecular weight excluding hydrogens is 225 g/mol. The largest absolute Gasteiger partial charge is 0.480 e. The first-order valence-corrected chi connectivity index (χ1v) is 6.13. The van der Waals surface area contributed by atoms with Crippen molar-refractivity contribution in [2.45, 2.75) is 52.0 Å². The SMILES string of the molecule is CCCCC(CC)CC(=O)NC(CF)C(=O)O. The fraction of sp³-hybridized carbons (Fsp3) is 0.833. The number of halogens is 1. The van der Waals surface area contributed by atoms with Gasteiger partial charge in [0.2, 0.25) is 5.91 Å². The summed E-state index contributed by atoms with van der Waals surface area (Å²) in [5, 5.41) is 10.8. The number of rotatable bonds is 9. The van der Waals surface area contributed by atoms with E-state index in [1.54, 1.807) is 0 Å². The minimum absolute atomic E-state index is 0.254. The van der Waals surface area contributed by atoms with Gasteiger partial charge < -0.3 is 10.4 Å². The van der Waals surface area contributed by atoms with E-state index in [9.17, 15) is 14.0 Å². The second kappa shape index (κ2) is 8.96. The third-order valence-electron chi connectivity index (χ3n) is 2.80. The maximum Gasteiger partial charge on any atom is 0.328 e. The van der Waals surface area contributed by atoms with Crippen LogP contribution in [0.4, 0.5) is 4.39 Å². The molecule has 100 valence electrons. The van der Waals surface area contributed by atoms with Crippen molar-refractivity contribution in [1.29, 1.82) is 0 Å². The summed E-state index contributed by atoms with van der Waals surface area (Å²) in [6, 6.07) is -1.41. The van der Waals surface area contributed by atoms with Crippen LogP contribution in [0.3, 0.4) is 0 Å². The van der Waals surface area contributed by atoms with Crippen LogP contribution in [0.1, 0.15) is 46.0 Å². The molecule has 0 aromatic heterocycles. The van der Waals surface area contributed by atoms with E-state index in [0.29, 0.717) is 0 Å². The fourth-order valence-corrected chi connectivity index (χ4v) is 1.63. The molecule has 0 rings (SSSR count). The predicted molar refractivity (Wildman–Crippen MR) is 63.5 cm³/mol. The maximum absolute atomic E-state index is 12.3. The summed E-state index contributed by atoms with van der Waals surface area (Å²) < 4.78 is 12.3. The topological polar surface area (TPSA) is 66.4 Å². The van der Waals surface area contributed by atoms with Crippen LogP contribution >= 0.6 is 0 Å². The standard InChI is InChI=1S/C12H22FNO3/c1-3-5-6-9(4-2)7-11(15)14-10(8-13)12(16)17/h9-10H,3-8H2,1-2H3,(H,14,15)(H,16,17). The molecule has 0 bridgehead atoms. The molecule has 2 atom stereocenters. The van der Waals surface area contributed by atoms with Gasteiger partial charge in [0.25, 0.3) is 0 Å². The van der Waals surface area contributed by atoms with Gasteiger partial charge >= 0.3 is 5.97 Å². The molecule has 2 unspecified atom stereocenters. The average molecular weight is 247 g/mol. The molecule has 0 aliphatic heterocycles. The molecule has 2 N–H and O–H groups in total. The highest BCUT2D eigenvalue weighted by Gasteiger charge is 2.21. The number of amides is 1. The van der Waals surface area contributed by atoms with E-state index in [-0.39, 0.29) is 18.2 Å². The van der Waals surface area contributed by atoms with Gasteiger partial charge in [-0.3, -0.25) is 4.79 Å². The molecule has 0 aliphatic rings. The molecule has 0 aliphatic carbocycles. The van der Waals surface area contributed by atoms with Crippen LogP contribution in [-0.2, 0) is 9.59 Å². The molecule has 5 heteroatoms. The lowest BCUT2D eigenvalue weighted by Gasteiger charge is -2.16. The Morgan fingerprint density at radius 3 is 2.41 bits per heavy atom. The van der Waals surface area contributed by atoms with Crippen molar-refractivity contribution in [3.63, 3.8) is 0 Å². The lowest BCUT2D eigenvalue weighted by molar-refractivity contribution is -0.142. The van der Waals surface area contributed by atoms with E-state index in [0.717, 1.165) is 25.7 Å². The van der Waals surface area contributed by atoms with E-state index < -0.39 is 18.7 Å². The molecule has 17 heavy (non-hydrogen) atoms. The molecule has 0 aromatic carbocycles. The summed E-state index contributed by atoms with van der Waals surface area (Å²) in [4.78, 5) is 22.0. The third kappa shape index (κ3) is 6.92. The van der Waals surface area contributed by atoms with Gasteiger partial charge in [-0.05, 0) is 12.3 Å². The Hall–Kier alpha value is -1.13. The quantitative estimate of drug-likeness (QED) is 0.656. The molecule has 0 fully saturated rings. The third-order valence-corrected chi connectivity index (χ3v) is 2.80. The summed E-state index contributed by atoms with van der Waals surface area (Å²) in [5.74, 6) is -1.45. The highest BCUT2D eigenvalue weighted by molar-refractivity contribution is 5.83. The van der Waals surface area contributed by atoms with Gasteiger partial charge in [-0.15, -0.1) is 0 Å². The van der Waals surface area contributed by atoms with Crippen LogP contribution < -0.4 is 5.32 Å². The molecule has 0 aromatic rings. The summed E-state index contributed by atoms with van der Waals surface area (Å²) in [6.45, 7) is 3.00. The van der Waals surface area contributed by atoms with Crippen molar-refractivity contribution in [1.82, 2.24) is 5.32 Å². The molecule has 0 spiro atoms. The summed E-state index contributed by atoms with van der Waals surface area (Å²) >= 11 is 0. The van der Waals surface area contributed by atoms with Gasteiger partial charge in [-0.2, -0.15) is 0 Å². The zero-order valence-corrected chi connectivity index (χ0v) is 10.5. The monoisotopic (exact) mass is 247 g/mol. The Labute approximate surface area is 102 Å². The normalized spacial score (nSPS) is 14.1. The van der Waals surface area contributed by atoms with Crippen LogP contribution in [0.15, 0.2) is 0 Å². The molecule has 0 radical (unpaired) electrons. The Kier molecular flexibility index (Phi) is 8.36. The van der Waals surface area contributed by atoms with E-state index in [1.807, 2.05) is 6.92 Å². The number of hydrogen-bond acceptors (Lipinski definition) is 2. The maximum atomic E-state index is 12.3. The number of carboxylic acid groups (broad SMARTS) is 1. The van der Waals surface area contributed by atoms with Gasteiger partial charge in [0, 0.05) is 6.42 Å². The minimum atomic E-state index is -1.41. The molecular formula is C12H22FNO3. The molecule has 4 nitrogen and oxygen atoms in total. The Morgan fingerprint density at radius 2 is 2.00 bits per heavy atom. The van der Waals surface area contributed by atoms with Crippen molar-refractivity contribution in [2.75, 3.05) is 6.67 Å². The van der Waals surface area contributed by atoms with Crippen molar-refractivity contribution in [3.05, 3.63) is 0 Å². The zero-order valence-electron chi connectivity index (χ0n) is 10.5. The van der Waals surface area contributed by atoms with E-state index in [4.69, 9.17) is 5.11 Å².